The molecule has 1 rings (SSSR count). The van der Waals surface area contributed by atoms with Gasteiger partial charge in [-0.05, 0) is 25.1 Å². The fraction of sp³-hybridized carbons (Fsp3) is 0.429. The first-order valence-corrected chi connectivity index (χ1v) is 7.27. The lowest BCUT2D eigenvalue weighted by atomic mass is 10.2. The number of hydrogen-bond donors (Lipinski definition) is 1. The number of carbonyl (C=O) groups excluding carboxylic acids is 1. The molecule has 0 saturated carbocycles. The monoisotopic (exact) mass is 330 g/mol. The third-order valence-corrected chi connectivity index (χ3v) is 3.30. The summed E-state index contributed by atoms with van der Waals surface area (Å²) in [7, 11) is 1.60. The highest BCUT2D eigenvalue weighted by Gasteiger charge is 2.15. The number of nitrogens with zero attached hydrogens (tertiary/aromatic N) is 1. The predicted octanol–water partition coefficient (Wildman–Crippen LogP) is 1.99. The van der Waals surface area contributed by atoms with Crippen molar-refractivity contribution in [2.75, 3.05) is 38.3 Å². The van der Waals surface area contributed by atoms with Crippen LogP contribution in [0.15, 0.2) is 18.2 Å². The maximum atomic E-state index is 11.7. The van der Waals surface area contributed by atoms with Crippen LogP contribution in [-0.2, 0) is 14.3 Å². The van der Waals surface area contributed by atoms with Crippen molar-refractivity contribution in [3.63, 3.8) is 0 Å². The molecule has 0 aromatic heterocycles. The number of esters is 1. The maximum Gasteiger partial charge on any atom is 0.325 e. The van der Waals surface area contributed by atoms with Crippen molar-refractivity contribution in [2.24, 2.45) is 5.73 Å². The van der Waals surface area contributed by atoms with Crippen molar-refractivity contribution in [1.82, 2.24) is 0 Å². The molecule has 0 heterocycles. The van der Waals surface area contributed by atoms with Crippen LogP contribution in [0.4, 0.5) is 5.69 Å². The van der Waals surface area contributed by atoms with E-state index in [1.165, 1.54) is 0 Å². The second-order valence-electron chi connectivity index (χ2n) is 4.25. The van der Waals surface area contributed by atoms with Crippen LogP contribution in [0.2, 0.25) is 5.02 Å². The lowest BCUT2D eigenvalue weighted by molar-refractivity contribution is -0.141. The Bertz CT molecular complexity index is 511. The summed E-state index contributed by atoms with van der Waals surface area (Å²) in [6.45, 7) is 3.18. The summed E-state index contributed by atoms with van der Waals surface area (Å²) in [6.07, 6.45) is 0. The molecule has 0 amide bonds. The summed E-state index contributed by atoms with van der Waals surface area (Å²) in [6, 6.07) is 5.24. The van der Waals surface area contributed by atoms with E-state index in [2.05, 4.69) is 0 Å². The molecule has 2 N–H and O–H groups in total. The molecule has 0 unspecified atom stereocenters. The highest BCUT2D eigenvalue weighted by atomic mass is 35.5. The average molecular weight is 331 g/mol. The van der Waals surface area contributed by atoms with Gasteiger partial charge < -0.3 is 20.1 Å². The Hall–Kier alpha value is -1.37. The van der Waals surface area contributed by atoms with Crippen LogP contribution in [0, 0.1) is 0 Å². The molecule has 0 fully saturated rings. The lowest BCUT2D eigenvalue weighted by Gasteiger charge is -2.24. The van der Waals surface area contributed by atoms with Gasteiger partial charge in [0.05, 0.1) is 23.9 Å². The van der Waals surface area contributed by atoms with Crippen molar-refractivity contribution >= 4 is 40.5 Å². The molecule has 21 heavy (non-hydrogen) atoms. The van der Waals surface area contributed by atoms with E-state index in [1.54, 1.807) is 37.1 Å². The van der Waals surface area contributed by atoms with E-state index in [1.807, 2.05) is 0 Å². The quantitative estimate of drug-likeness (QED) is 0.581. The van der Waals surface area contributed by atoms with Crippen LogP contribution in [-0.4, -0.2) is 44.4 Å². The fourth-order valence-corrected chi connectivity index (χ4v) is 2.19. The molecule has 1 aromatic rings. The van der Waals surface area contributed by atoms with Crippen molar-refractivity contribution in [1.29, 1.82) is 0 Å². The number of thiocarbonyl (C=S) groups is 1. The van der Waals surface area contributed by atoms with Crippen molar-refractivity contribution in [2.45, 2.75) is 6.92 Å². The van der Waals surface area contributed by atoms with Gasteiger partial charge in [-0.25, -0.2) is 0 Å². The molecule has 0 bridgehead atoms. The third-order valence-electron chi connectivity index (χ3n) is 2.76. The normalized spacial score (nSPS) is 10.2. The summed E-state index contributed by atoms with van der Waals surface area (Å²) >= 11 is 11.2. The van der Waals surface area contributed by atoms with Gasteiger partial charge in [0, 0.05) is 19.2 Å². The number of benzene rings is 1. The van der Waals surface area contributed by atoms with Crippen molar-refractivity contribution < 1.29 is 14.3 Å². The number of methoxy groups -OCH3 is 1. The maximum absolute atomic E-state index is 11.7. The van der Waals surface area contributed by atoms with Gasteiger partial charge in [-0.15, -0.1) is 0 Å². The van der Waals surface area contributed by atoms with Crippen molar-refractivity contribution in [3.8, 4) is 0 Å². The number of ether oxygens (including phenoxy) is 2. The SMILES string of the molecule is CCOC(=O)CN(CCOC)c1ccc(C(N)=S)cc1Cl. The van der Waals surface area contributed by atoms with Crippen LogP contribution >= 0.6 is 23.8 Å². The number of carbonyl (C=O) groups is 1. The summed E-state index contributed by atoms with van der Waals surface area (Å²) in [5.41, 5.74) is 6.97. The predicted molar refractivity (Wildman–Crippen MR) is 88.1 cm³/mol. The van der Waals surface area contributed by atoms with Gasteiger partial charge in [0.1, 0.15) is 11.5 Å². The smallest absolute Gasteiger partial charge is 0.325 e. The Balaban J connectivity index is 2.96. The minimum Gasteiger partial charge on any atom is -0.465 e. The number of anilines is 1. The molecule has 5 nitrogen and oxygen atoms in total. The van der Waals surface area contributed by atoms with E-state index in [9.17, 15) is 4.79 Å². The molecular formula is C14H19ClN2O3S. The largest absolute Gasteiger partial charge is 0.465 e. The van der Waals surface area contributed by atoms with E-state index in [0.29, 0.717) is 36.0 Å². The van der Waals surface area contributed by atoms with E-state index in [0.717, 1.165) is 0 Å². The third kappa shape index (κ3) is 5.49. The van der Waals surface area contributed by atoms with Gasteiger partial charge in [-0.1, -0.05) is 23.8 Å². The highest BCUT2D eigenvalue weighted by molar-refractivity contribution is 7.80. The number of rotatable bonds is 8. The summed E-state index contributed by atoms with van der Waals surface area (Å²) in [4.78, 5) is 13.8. The fourth-order valence-electron chi connectivity index (χ4n) is 1.77. The summed E-state index contributed by atoms with van der Waals surface area (Å²) in [5.74, 6) is -0.317. The molecule has 0 aliphatic carbocycles. The lowest BCUT2D eigenvalue weighted by Crippen LogP contribution is -2.34. The number of nitrogens with two attached hydrogens (primary N) is 1. The average Bonchev–Trinajstić information content (AvgIpc) is 2.43. The molecule has 0 atom stereocenters. The zero-order valence-corrected chi connectivity index (χ0v) is 13.7. The Kier molecular flexibility index (Phi) is 7.42. The van der Waals surface area contributed by atoms with Gasteiger partial charge in [0.25, 0.3) is 0 Å². The van der Waals surface area contributed by atoms with Gasteiger partial charge in [0.15, 0.2) is 0 Å². The highest BCUT2D eigenvalue weighted by Crippen LogP contribution is 2.27. The molecular weight excluding hydrogens is 312 g/mol. The van der Waals surface area contributed by atoms with E-state index >= 15 is 0 Å². The number of hydrogen-bond acceptors (Lipinski definition) is 5. The molecule has 0 radical (unpaired) electrons. The minimum atomic E-state index is -0.317. The topological polar surface area (TPSA) is 64.8 Å². The molecule has 0 spiro atoms. The van der Waals surface area contributed by atoms with Crippen LogP contribution in [0.25, 0.3) is 0 Å². The van der Waals surface area contributed by atoms with Crippen LogP contribution < -0.4 is 10.6 Å². The molecule has 0 aliphatic rings. The Morgan fingerprint density at radius 2 is 2.19 bits per heavy atom. The zero-order chi connectivity index (χ0) is 15.8. The van der Waals surface area contributed by atoms with Gasteiger partial charge >= 0.3 is 5.97 Å². The second-order valence-corrected chi connectivity index (χ2v) is 5.10. The zero-order valence-electron chi connectivity index (χ0n) is 12.1. The summed E-state index contributed by atoms with van der Waals surface area (Å²) in [5, 5.41) is 0.473. The molecule has 116 valence electrons. The summed E-state index contributed by atoms with van der Waals surface area (Å²) < 4.78 is 10.0. The van der Waals surface area contributed by atoms with Crippen LogP contribution in [0.5, 0.6) is 0 Å². The minimum absolute atomic E-state index is 0.101. The van der Waals surface area contributed by atoms with Crippen molar-refractivity contribution in [3.05, 3.63) is 28.8 Å². The Morgan fingerprint density at radius 3 is 2.71 bits per heavy atom. The Morgan fingerprint density at radius 1 is 1.48 bits per heavy atom. The van der Waals surface area contributed by atoms with E-state index in [-0.39, 0.29) is 17.5 Å². The molecule has 0 aliphatic heterocycles. The number of halogens is 1. The molecule has 7 heteroatoms. The standard InChI is InChI=1S/C14H19ClN2O3S/c1-3-20-13(18)9-17(6-7-19-2)12-5-4-10(14(16)21)8-11(12)15/h4-5,8H,3,6-7,9H2,1-2H3,(H2,16,21). The first-order chi connectivity index (χ1) is 9.99. The second kappa shape index (κ2) is 8.81. The first kappa shape index (κ1) is 17.7. The van der Waals surface area contributed by atoms with E-state index in [4.69, 9.17) is 39.0 Å². The Labute approximate surface area is 135 Å². The first-order valence-electron chi connectivity index (χ1n) is 6.48. The van der Waals surface area contributed by atoms with E-state index < -0.39 is 0 Å². The van der Waals surface area contributed by atoms with Gasteiger partial charge in [0.2, 0.25) is 0 Å². The van der Waals surface area contributed by atoms with Crippen LogP contribution in [0.1, 0.15) is 12.5 Å². The van der Waals surface area contributed by atoms with Crippen LogP contribution in [0.3, 0.4) is 0 Å². The van der Waals surface area contributed by atoms with Gasteiger partial charge in [-0.3, -0.25) is 4.79 Å². The van der Waals surface area contributed by atoms with Gasteiger partial charge in [-0.2, -0.15) is 0 Å². The molecule has 1 aromatic carbocycles. The molecule has 0 saturated heterocycles.